The number of ether oxygens (including phenoxy) is 1. The number of H-pyrrole nitrogens is 1. The minimum Gasteiger partial charge on any atom is -0.496 e. The molecule has 8 nitrogen and oxygen atoms in total. The summed E-state index contributed by atoms with van der Waals surface area (Å²) in [5.74, 6) is -0.332. The highest BCUT2D eigenvalue weighted by Crippen LogP contribution is 2.27. The fraction of sp³-hybridized carbons (Fsp3) is 0.500. The minimum absolute atomic E-state index is 0.0358. The smallest absolute Gasteiger partial charge is 0.242 e. The summed E-state index contributed by atoms with van der Waals surface area (Å²) in [4.78, 5) is 41.7. The second-order valence-electron chi connectivity index (χ2n) is 8.89. The number of nitrogens with zero attached hydrogens (tertiary/aromatic N) is 1. The maximum Gasteiger partial charge on any atom is 0.242 e. The molecule has 10 heteroatoms. The number of thiocarbonyl (C=S) groups is 1. The van der Waals surface area contributed by atoms with Crippen LogP contribution in [0.1, 0.15) is 43.6 Å². The van der Waals surface area contributed by atoms with E-state index < -0.39 is 5.92 Å². The Balaban J connectivity index is 1.75. The monoisotopic (exact) mass is 504 g/mol. The van der Waals surface area contributed by atoms with Crippen LogP contribution in [-0.4, -0.2) is 58.4 Å². The van der Waals surface area contributed by atoms with E-state index in [-0.39, 0.29) is 35.9 Å². The number of amides is 2. The second kappa shape index (κ2) is 11.7. The highest BCUT2D eigenvalue weighted by Gasteiger charge is 2.30. The Hall–Kier alpha value is -2.59. The highest BCUT2D eigenvalue weighted by atomic mass is 32.2. The molecule has 3 rings (SSSR count). The van der Waals surface area contributed by atoms with Crippen molar-refractivity contribution in [2.45, 2.75) is 33.1 Å². The van der Waals surface area contributed by atoms with E-state index in [1.807, 2.05) is 38.3 Å². The first-order valence-corrected chi connectivity index (χ1v) is 13.0. The molecule has 1 aliphatic heterocycles. The van der Waals surface area contributed by atoms with Gasteiger partial charge < -0.3 is 15.0 Å². The van der Waals surface area contributed by atoms with E-state index in [2.05, 4.69) is 15.7 Å². The number of aromatic amines is 1. The van der Waals surface area contributed by atoms with E-state index in [9.17, 15) is 14.4 Å². The van der Waals surface area contributed by atoms with Gasteiger partial charge in [0.2, 0.25) is 11.8 Å². The van der Waals surface area contributed by atoms with Crippen LogP contribution >= 0.6 is 24.0 Å². The molecule has 0 radical (unpaired) electrons. The van der Waals surface area contributed by atoms with E-state index in [1.54, 1.807) is 18.2 Å². The van der Waals surface area contributed by atoms with Crippen LogP contribution in [-0.2, 0) is 9.59 Å². The maximum absolute atomic E-state index is 13.3. The lowest BCUT2D eigenvalue weighted by Crippen LogP contribution is -2.50. The first-order valence-electron chi connectivity index (χ1n) is 11.4. The van der Waals surface area contributed by atoms with Crippen LogP contribution in [0, 0.1) is 17.8 Å². The number of hydrazine groups is 1. The zero-order chi connectivity index (χ0) is 24.8. The molecule has 2 heterocycles. The van der Waals surface area contributed by atoms with E-state index in [1.165, 1.54) is 11.8 Å². The number of fused-ring (bicyclic) bond motifs is 1. The predicted octanol–water partition coefficient (Wildman–Crippen LogP) is 3.53. The summed E-state index contributed by atoms with van der Waals surface area (Å²) < 4.78 is 5.86. The van der Waals surface area contributed by atoms with Crippen molar-refractivity contribution < 1.29 is 19.1 Å². The number of nitrogens with one attached hydrogen (secondary N) is 3. The number of aromatic nitrogens is 1. The summed E-state index contributed by atoms with van der Waals surface area (Å²) in [5, 5.41) is 5.21. The molecule has 1 aromatic heterocycles. The van der Waals surface area contributed by atoms with Crippen LogP contribution < -0.4 is 15.5 Å². The number of ketones is 1. The third-order valence-corrected chi connectivity index (χ3v) is 7.20. The normalized spacial score (nSPS) is 16.4. The van der Waals surface area contributed by atoms with Gasteiger partial charge >= 0.3 is 0 Å². The lowest BCUT2D eigenvalue weighted by Gasteiger charge is -2.29. The fourth-order valence-electron chi connectivity index (χ4n) is 4.18. The molecule has 0 bridgehead atoms. The molecule has 2 aromatic rings. The van der Waals surface area contributed by atoms with Gasteiger partial charge in [0.1, 0.15) is 5.75 Å². The summed E-state index contributed by atoms with van der Waals surface area (Å²) in [6.45, 7) is 4.97. The zero-order valence-electron chi connectivity index (χ0n) is 20.0. The summed E-state index contributed by atoms with van der Waals surface area (Å²) in [5.41, 5.74) is 4.14. The third-order valence-electron chi connectivity index (χ3n) is 5.91. The number of hydrogen-bond donors (Lipinski definition) is 3. The Labute approximate surface area is 209 Å². The van der Waals surface area contributed by atoms with Crippen LogP contribution in [0.25, 0.3) is 10.9 Å². The van der Waals surface area contributed by atoms with Gasteiger partial charge in [-0.15, -0.1) is 0 Å². The van der Waals surface area contributed by atoms with Crippen molar-refractivity contribution in [2.75, 3.05) is 26.5 Å². The van der Waals surface area contributed by atoms with Crippen molar-refractivity contribution in [3.8, 4) is 5.75 Å². The Bertz CT molecular complexity index is 1070. The lowest BCUT2D eigenvalue weighted by molar-refractivity contribution is -0.130. The molecule has 1 aromatic carbocycles. The SMILES string of the molecule is COc1cccc2[nH]c(C(=O)C[C@@H](CC(C)C)C(=O)NN(C[C@@H]3CCNC3=O)C(=S)SC)cc12. The van der Waals surface area contributed by atoms with E-state index in [4.69, 9.17) is 17.0 Å². The Morgan fingerprint density at radius 2 is 2.12 bits per heavy atom. The van der Waals surface area contributed by atoms with Gasteiger partial charge in [-0.1, -0.05) is 43.9 Å². The molecule has 0 aliphatic carbocycles. The quantitative estimate of drug-likeness (QED) is 0.273. The molecule has 0 unspecified atom stereocenters. The molecule has 184 valence electrons. The van der Waals surface area contributed by atoms with Crippen LogP contribution in [0.3, 0.4) is 0 Å². The van der Waals surface area contributed by atoms with Crippen molar-refractivity contribution in [3.05, 3.63) is 30.0 Å². The first kappa shape index (κ1) is 26.0. The average Bonchev–Trinajstić information content (AvgIpc) is 3.43. The second-order valence-corrected chi connectivity index (χ2v) is 10.3. The van der Waals surface area contributed by atoms with E-state index in [0.29, 0.717) is 41.7 Å². The number of thioether (sulfide) groups is 1. The topological polar surface area (TPSA) is 104 Å². The Morgan fingerprint density at radius 1 is 1.35 bits per heavy atom. The molecule has 1 aliphatic rings. The highest BCUT2D eigenvalue weighted by molar-refractivity contribution is 8.22. The number of carbonyl (C=O) groups is 3. The van der Waals surface area contributed by atoms with Crippen molar-refractivity contribution in [1.82, 2.24) is 20.7 Å². The first-order chi connectivity index (χ1) is 16.2. The number of benzene rings is 1. The third kappa shape index (κ3) is 6.29. The summed E-state index contributed by atoms with van der Waals surface area (Å²) in [7, 11) is 1.59. The van der Waals surface area contributed by atoms with Crippen molar-refractivity contribution in [2.24, 2.45) is 17.8 Å². The molecule has 2 atom stereocenters. The largest absolute Gasteiger partial charge is 0.496 e. The van der Waals surface area contributed by atoms with Crippen molar-refractivity contribution in [3.63, 3.8) is 0 Å². The standard InChI is InChI=1S/C24H32N4O4S2/c1-14(2)10-16(11-20(29)19-12-17-18(26-19)6-5-7-21(17)32-3)23(31)27-28(24(33)34-4)13-15-8-9-25-22(15)30/h5-7,12,14-16,26H,8-11,13H2,1-4H3,(H,25,30)(H,27,31)/t15-,16+/m0/s1. The molecule has 2 amide bonds. The molecular weight excluding hydrogens is 472 g/mol. The van der Waals surface area contributed by atoms with Crippen molar-refractivity contribution >= 4 is 56.8 Å². The van der Waals surface area contributed by atoms with Crippen LogP contribution in [0.5, 0.6) is 5.75 Å². The summed E-state index contributed by atoms with van der Waals surface area (Å²) in [6, 6.07) is 7.35. The van der Waals surface area contributed by atoms with Gasteiger partial charge in [-0.3, -0.25) is 24.8 Å². The van der Waals surface area contributed by atoms with Gasteiger partial charge in [0, 0.05) is 29.8 Å². The van der Waals surface area contributed by atoms with Gasteiger partial charge in [0.05, 0.1) is 25.3 Å². The maximum atomic E-state index is 13.3. The number of methoxy groups -OCH3 is 1. The molecule has 3 N–H and O–H groups in total. The Morgan fingerprint density at radius 3 is 2.74 bits per heavy atom. The van der Waals surface area contributed by atoms with Crippen LogP contribution in [0.15, 0.2) is 24.3 Å². The molecule has 1 saturated heterocycles. The number of hydrogen-bond acceptors (Lipinski definition) is 6. The summed E-state index contributed by atoms with van der Waals surface area (Å²) in [6.07, 6.45) is 3.13. The van der Waals surface area contributed by atoms with Gasteiger partial charge in [-0.25, -0.2) is 0 Å². The van der Waals surface area contributed by atoms with Crippen LogP contribution in [0.4, 0.5) is 0 Å². The molecule has 0 spiro atoms. The van der Waals surface area contributed by atoms with Gasteiger partial charge in [-0.2, -0.15) is 0 Å². The zero-order valence-corrected chi connectivity index (χ0v) is 21.6. The van der Waals surface area contributed by atoms with Crippen molar-refractivity contribution in [1.29, 1.82) is 0 Å². The molecule has 34 heavy (non-hydrogen) atoms. The molecule has 0 saturated carbocycles. The van der Waals surface area contributed by atoms with Gasteiger partial charge in [-0.05, 0) is 43.2 Å². The molecule has 1 fully saturated rings. The average molecular weight is 505 g/mol. The van der Waals surface area contributed by atoms with Gasteiger partial charge in [0.15, 0.2) is 10.1 Å². The summed E-state index contributed by atoms with van der Waals surface area (Å²) >= 11 is 6.76. The molecular formula is C24H32N4O4S2. The minimum atomic E-state index is -0.537. The number of rotatable bonds is 9. The predicted molar refractivity (Wildman–Crippen MR) is 139 cm³/mol. The van der Waals surface area contributed by atoms with E-state index in [0.717, 1.165) is 10.9 Å². The van der Waals surface area contributed by atoms with Crippen LogP contribution in [0.2, 0.25) is 0 Å². The lowest BCUT2D eigenvalue weighted by atomic mass is 9.91. The van der Waals surface area contributed by atoms with E-state index >= 15 is 0 Å². The van der Waals surface area contributed by atoms with Gasteiger partial charge in [0.25, 0.3) is 0 Å². The Kier molecular flexibility index (Phi) is 8.96. The fourth-order valence-corrected chi connectivity index (χ4v) is 4.64. The number of Topliss-reactive ketones (excluding diaryl/α,β-unsaturated/α-hetero) is 1. The number of carbonyl (C=O) groups excluding carboxylic acids is 3.